The monoisotopic (exact) mass is 714 g/mol. The van der Waals surface area contributed by atoms with E-state index in [-0.39, 0.29) is 0 Å². The van der Waals surface area contributed by atoms with Crippen LogP contribution in [-0.4, -0.2) is 19.1 Å². The van der Waals surface area contributed by atoms with E-state index in [0.29, 0.717) is 5.82 Å². The number of nitrogens with zero attached hydrogens (tertiary/aromatic N) is 4. The number of hydrogen-bond acceptors (Lipinski definition) is 2. The Morgan fingerprint density at radius 3 is 1.57 bits per heavy atom. The zero-order valence-electron chi connectivity index (χ0n) is 30.4. The summed E-state index contributed by atoms with van der Waals surface area (Å²) in [5.41, 5.74) is 13.2. The third-order valence-electron chi connectivity index (χ3n) is 10.9. The molecule has 0 saturated carbocycles. The van der Waals surface area contributed by atoms with Crippen LogP contribution >= 0.6 is 0 Å². The van der Waals surface area contributed by atoms with Crippen molar-refractivity contribution >= 4 is 43.6 Å². The number of fused-ring (bicyclic) bond motifs is 7. The van der Waals surface area contributed by atoms with Gasteiger partial charge in [0.1, 0.15) is 5.82 Å². The molecule has 0 unspecified atom stereocenters. The van der Waals surface area contributed by atoms with Gasteiger partial charge < -0.3 is 4.57 Å². The Bertz CT molecular complexity index is 3160. The summed E-state index contributed by atoms with van der Waals surface area (Å²) in [5, 5.41) is 4.80. The number of rotatable bonds is 6. The van der Waals surface area contributed by atoms with Crippen LogP contribution in [-0.2, 0) is 0 Å². The van der Waals surface area contributed by atoms with Gasteiger partial charge in [-0.2, -0.15) is 0 Å². The van der Waals surface area contributed by atoms with E-state index in [2.05, 4.69) is 191 Å². The predicted molar refractivity (Wildman–Crippen MR) is 232 cm³/mol. The summed E-state index contributed by atoms with van der Waals surface area (Å²) in [6, 6.07) is 73.2. The molecule has 0 fully saturated rings. The third-order valence-corrected chi connectivity index (χ3v) is 10.9. The van der Waals surface area contributed by atoms with Crippen molar-refractivity contribution < 1.29 is 0 Å². The van der Waals surface area contributed by atoms with Gasteiger partial charge in [-0.1, -0.05) is 164 Å². The lowest BCUT2D eigenvalue weighted by molar-refractivity contribution is 1.05. The molecule has 8 aromatic carbocycles. The fourth-order valence-electron chi connectivity index (χ4n) is 8.44. The van der Waals surface area contributed by atoms with Gasteiger partial charge in [-0.3, -0.25) is 4.57 Å². The Balaban J connectivity index is 1.31. The Morgan fingerprint density at radius 1 is 0.339 bits per heavy atom. The fourth-order valence-corrected chi connectivity index (χ4v) is 8.44. The van der Waals surface area contributed by atoms with Crippen LogP contribution in [0, 0.1) is 0 Å². The zero-order valence-corrected chi connectivity index (χ0v) is 30.4. The van der Waals surface area contributed by atoms with Gasteiger partial charge in [0.2, 0.25) is 0 Å². The Hall–Kier alpha value is -7.56. The van der Waals surface area contributed by atoms with Crippen LogP contribution in [0.3, 0.4) is 0 Å². The SMILES string of the molecule is c1ccc(-c2cccc(-c3cc4c(c5ccccc5n4-c4cc(-c5ccccc5)nc(-c5ccccc5)n4)c4c5ccccc5n(-c5ccccc5)c34)c2)cc1. The molecule has 56 heavy (non-hydrogen) atoms. The van der Waals surface area contributed by atoms with E-state index in [0.717, 1.165) is 50.5 Å². The summed E-state index contributed by atoms with van der Waals surface area (Å²) < 4.78 is 4.80. The standard InChI is InChI=1S/C52H34N4/c1-5-18-35(19-6-1)38-24-17-25-39(32-38)43-33-47-49(50-42-29-14-15-30-45(42)55(51(43)50)40-26-11-4-12-27-40)41-28-13-16-31-46(41)56(47)48-34-44(36-20-7-2-8-21-36)53-52(54-48)37-22-9-3-10-23-37/h1-34H. The minimum Gasteiger partial charge on any atom is -0.309 e. The van der Waals surface area contributed by atoms with Crippen molar-refractivity contribution in [3.05, 3.63) is 206 Å². The fraction of sp³-hybridized carbons (Fsp3) is 0. The van der Waals surface area contributed by atoms with Gasteiger partial charge in [0, 0.05) is 50.0 Å². The molecule has 0 radical (unpaired) electrons. The maximum Gasteiger partial charge on any atom is 0.162 e. The van der Waals surface area contributed by atoms with Crippen molar-refractivity contribution in [3.63, 3.8) is 0 Å². The molecule has 0 N–H and O–H groups in total. The van der Waals surface area contributed by atoms with Crippen LogP contribution in [0.25, 0.3) is 100 Å². The van der Waals surface area contributed by atoms with Crippen LogP contribution in [0.15, 0.2) is 206 Å². The third kappa shape index (κ3) is 5.15. The predicted octanol–water partition coefficient (Wildman–Crippen LogP) is 13.3. The van der Waals surface area contributed by atoms with Gasteiger partial charge in [0.25, 0.3) is 0 Å². The smallest absolute Gasteiger partial charge is 0.162 e. The maximum absolute atomic E-state index is 5.37. The first kappa shape index (κ1) is 31.9. The number of benzene rings is 8. The number of para-hydroxylation sites is 3. The second-order valence-electron chi connectivity index (χ2n) is 14.2. The summed E-state index contributed by atoms with van der Waals surface area (Å²) in [7, 11) is 0. The number of hydrogen-bond donors (Lipinski definition) is 0. The van der Waals surface area contributed by atoms with Gasteiger partial charge in [-0.25, -0.2) is 9.97 Å². The summed E-state index contributed by atoms with van der Waals surface area (Å²) in [4.78, 5) is 10.5. The molecular weight excluding hydrogens is 681 g/mol. The molecule has 0 amide bonds. The largest absolute Gasteiger partial charge is 0.309 e. The summed E-state index contributed by atoms with van der Waals surface area (Å²) in [6.07, 6.45) is 0. The Labute approximate surface area is 324 Å². The minimum atomic E-state index is 0.686. The summed E-state index contributed by atoms with van der Waals surface area (Å²) in [5.74, 6) is 1.50. The van der Waals surface area contributed by atoms with Crippen molar-refractivity contribution in [2.75, 3.05) is 0 Å². The van der Waals surface area contributed by atoms with E-state index in [4.69, 9.17) is 9.97 Å². The van der Waals surface area contributed by atoms with Crippen molar-refractivity contribution in [1.29, 1.82) is 0 Å². The summed E-state index contributed by atoms with van der Waals surface area (Å²) >= 11 is 0. The molecule has 262 valence electrons. The Kier molecular flexibility index (Phi) is 7.46. The molecule has 11 rings (SSSR count). The highest BCUT2D eigenvalue weighted by atomic mass is 15.1. The molecule has 3 aromatic heterocycles. The van der Waals surface area contributed by atoms with E-state index < -0.39 is 0 Å². The summed E-state index contributed by atoms with van der Waals surface area (Å²) in [6.45, 7) is 0. The van der Waals surface area contributed by atoms with Gasteiger partial charge in [0.15, 0.2) is 5.82 Å². The van der Waals surface area contributed by atoms with Crippen molar-refractivity contribution in [3.8, 4) is 56.4 Å². The van der Waals surface area contributed by atoms with Crippen LogP contribution in [0.4, 0.5) is 0 Å². The first-order chi connectivity index (χ1) is 27.8. The molecule has 0 spiro atoms. The van der Waals surface area contributed by atoms with Gasteiger partial charge in [-0.15, -0.1) is 0 Å². The van der Waals surface area contributed by atoms with E-state index in [1.807, 2.05) is 24.3 Å². The molecule has 4 heteroatoms. The van der Waals surface area contributed by atoms with E-state index >= 15 is 0 Å². The second-order valence-corrected chi connectivity index (χ2v) is 14.2. The van der Waals surface area contributed by atoms with Crippen LogP contribution < -0.4 is 0 Å². The van der Waals surface area contributed by atoms with Crippen LogP contribution in [0.5, 0.6) is 0 Å². The molecule has 0 saturated heterocycles. The van der Waals surface area contributed by atoms with Crippen molar-refractivity contribution in [1.82, 2.24) is 19.1 Å². The first-order valence-electron chi connectivity index (χ1n) is 19.0. The average molecular weight is 715 g/mol. The van der Waals surface area contributed by atoms with Gasteiger partial charge in [0.05, 0.1) is 27.8 Å². The molecule has 0 aliphatic carbocycles. The van der Waals surface area contributed by atoms with E-state index in [1.54, 1.807) is 0 Å². The second kappa shape index (κ2) is 13.1. The molecule has 4 nitrogen and oxygen atoms in total. The number of aromatic nitrogens is 4. The topological polar surface area (TPSA) is 35.6 Å². The minimum absolute atomic E-state index is 0.686. The highest BCUT2D eigenvalue weighted by molar-refractivity contribution is 6.31. The van der Waals surface area contributed by atoms with E-state index in [9.17, 15) is 0 Å². The molecule has 0 atom stereocenters. The molecule has 0 aliphatic heterocycles. The highest BCUT2D eigenvalue weighted by Gasteiger charge is 2.25. The molecular formula is C52H34N4. The lowest BCUT2D eigenvalue weighted by Crippen LogP contribution is -2.03. The van der Waals surface area contributed by atoms with Gasteiger partial charge in [-0.05, 0) is 53.1 Å². The average Bonchev–Trinajstić information content (AvgIpc) is 3.80. The van der Waals surface area contributed by atoms with Crippen LogP contribution in [0.2, 0.25) is 0 Å². The zero-order chi connectivity index (χ0) is 37.0. The molecule has 0 aliphatic rings. The first-order valence-corrected chi connectivity index (χ1v) is 19.0. The Morgan fingerprint density at radius 2 is 0.875 bits per heavy atom. The van der Waals surface area contributed by atoms with E-state index in [1.165, 1.54) is 43.7 Å². The highest BCUT2D eigenvalue weighted by Crippen LogP contribution is 2.47. The van der Waals surface area contributed by atoms with Gasteiger partial charge >= 0.3 is 0 Å². The molecule has 0 bridgehead atoms. The maximum atomic E-state index is 5.37. The quantitative estimate of drug-likeness (QED) is 0.172. The lowest BCUT2D eigenvalue weighted by atomic mass is 9.95. The molecule has 3 heterocycles. The lowest BCUT2D eigenvalue weighted by Gasteiger charge is -2.15. The normalized spacial score (nSPS) is 11.6. The van der Waals surface area contributed by atoms with Crippen molar-refractivity contribution in [2.45, 2.75) is 0 Å². The molecule has 11 aromatic rings. The van der Waals surface area contributed by atoms with Crippen LogP contribution in [0.1, 0.15) is 0 Å². The van der Waals surface area contributed by atoms with Crippen molar-refractivity contribution in [2.24, 2.45) is 0 Å².